The van der Waals surface area contributed by atoms with Gasteiger partial charge >= 0.3 is 0 Å². The van der Waals surface area contributed by atoms with Gasteiger partial charge in [0.15, 0.2) is 6.29 Å². The van der Waals surface area contributed by atoms with Gasteiger partial charge in [-0.2, -0.15) is 0 Å². The van der Waals surface area contributed by atoms with Crippen molar-refractivity contribution in [1.82, 2.24) is 9.80 Å². The van der Waals surface area contributed by atoms with Gasteiger partial charge < -0.3 is 48.1 Å². The van der Waals surface area contributed by atoms with E-state index in [2.05, 4.69) is 20.8 Å². The van der Waals surface area contributed by atoms with Gasteiger partial charge in [-0.15, -0.1) is 0 Å². The molecule has 7 heterocycles. The highest BCUT2D eigenvalue weighted by atomic mass is 16.7. The maximum absolute atomic E-state index is 14.0. The van der Waals surface area contributed by atoms with Crippen LogP contribution in [0.2, 0.25) is 0 Å². The van der Waals surface area contributed by atoms with E-state index in [9.17, 15) is 24.3 Å². The van der Waals surface area contributed by atoms with Gasteiger partial charge in [0, 0.05) is 18.5 Å². The molecule has 2 aromatic carbocycles. The zero-order valence-electron chi connectivity index (χ0n) is 39.9. The second-order valence-electron chi connectivity index (χ2n) is 21.0. The van der Waals surface area contributed by atoms with E-state index < -0.39 is 65.4 Å². The number of ether oxygens (including phenoxy) is 8. The number of hydrogen-bond donors (Lipinski definition) is 2. The van der Waals surface area contributed by atoms with Crippen molar-refractivity contribution in [2.75, 3.05) is 65.9 Å². The topological polar surface area (TPSA) is 192 Å². The first-order valence-corrected chi connectivity index (χ1v) is 24.1. The van der Waals surface area contributed by atoms with E-state index in [1.807, 2.05) is 80.6 Å². The Hall–Kier alpha value is -4.52. The number of benzene rings is 2. The lowest BCUT2D eigenvalue weighted by molar-refractivity contribution is -0.147. The molecule has 0 saturated carbocycles. The third-order valence-corrected chi connectivity index (χ3v) is 14.7. The molecule has 0 aliphatic carbocycles. The smallest absolute Gasteiger partial charge is 0.236 e. The van der Waals surface area contributed by atoms with E-state index in [4.69, 9.17) is 43.0 Å². The van der Waals surface area contributed by atoms with Crippen LogP contribution in [0.4, 0.5) is 0 Å². The quantitative estimate of drug-likeness (QED) is 0.0629. The molecule has 4 bridgehead atoms. The molecule has 12 unspecified atom stereocenters. The van der Waals surface area contributed by atoms with Crippen LogP contribution in [-0.2, 0) is 53.0 Å². The van der Waals surface area contributed by atoms with Crippen LogP contribution in [0.3, 0.4) is 0 Å². The molecule has 7 aliphatic rings. The number of nitrogens with zero attached hydrogens (tertiary/aromatic N) is 2. The third kappa shape index (κ3) is 9.67. The molecule has 0 radical (unpaired) electrons. The summed E-state index contributed by atoms with van der Waals surface area (Å²) in [7, 11) is 0. The van der Waals surface area contributed by atoms with Gasteiger partial charge in [-0.1, -0.05) is 77.1 Å². The standard InChI is InChI=1S/C52H66N2O14/c1-30(22-50(3,4)28-54-46(57)41-40-21-32(23-61-26-38-27-65-38)45(67-40)43(41)48(54)59)16-18-53-47(58)42-39-15-17-52(68-39,44(42)49(53)60)29-62-24-35(56)25-64-36-11-7-33(8-12-36)51(5,6)34-9-13-37(14-10-34)66-31(2)63-20-19-55/h7-15,17,21,30-31,35,38-45,55-56H,16,18-20,22-29H2,1-6H3. The van der Waals surface area contributed by atoms with Crippen LogP contribution in [-0.4, -0.2) is 152 Å². The Labute approximate surface area is 397 Å². The molecule has 5 saturated heterocycles. The van der Waals surface area contributed by atoms with Crippen molar-refractivity contribution in [3.05, 3.63) is 83.5 Å². The van der Waals surface area contributed by atoms with Gasteiger partial charge in [0.05, 0.1) is 88.2 Å². The molecular formula is C52H66N2O14. The van der Waals surface area contributed by atoms with Crippen molar-refractivity contribution >= 4 is 23.6 Å². The SMILES string of the molecule is CC(CCN1C(=O)C2C3C=CC(COCC(O)COc4ccc(C(C)(C)c5ccc(OC(C)OCCO)cc5)cc4)(O3)C2C1=O)CC(C)(C)CN1C(=O)C2C3C=C(COCC4CO4)C(O3)C2C1=O. The molecule has 12 atom stereocenters. The second-order valence-corrected chi connectivity index (χ2v) is 21.0. The number of amides is 4. The minimum Gasteiger partial charge on any atom is -0.491 e. The Balaban J connectivity index is 0.711. The van der Waals surface area contributed by atoms with E-state index in [1.54, 1.807) is 6.92 Å². The van der Waals surface area contributed by atoms with Gasteiger partial charge in [-0.25, -0.2) is 0 Å². The molecule has 7 aliphatic heterocycles. The highest BCUT2D eigenvalue weighted by molar-refractivity contribution is 6.07. The van der Waals surface area contributed by atoms with Crippen LogP contribution in [0.15, 0.2) is 72.3 Å². The average Bonchev–Trinajstić information content (AvgIpc) is 3.62. The fourth-order valence-corrected chi connectivity index (χ4v) is 11.3. The van der Waals surface area contributed by atoms with Crippen LogP contribution < -0.4 is 9.47 Å². The zero-order valence-corrected chi connectivity index (χ0v) is 39.9. The number of imide groups is 2. The molecule has 5 fully saturated rings. The Morgan fingerprint density at radius 3 is 2.21 bits per heavy atom. The molecule has 16 nitrogen and oxygen atoms in total. The Bertz CT molecular complexity index is 2260. The molecule has 2 N–H and O–H groups in total. The lowest BCUT2D eigenvalue weighted by atomic mass is 9.77. The Morgan fingerprint density at radius 2 is 1.51 bits per heavy atom. The highest BCUT2D eigenvalue weighted by Gasteiger charge is 2.68. The highest BCUT2D eigenvalue weighted by Crippen LogP contribution is 2.52. The van der Waals surface area contributed by atoms with Crippen LogP contribution in [0.25, 0.3) is 0 Å². The molecule has 9 rings (SSSR count). The summed E-state index contributed by atoms with van der Waals surface area (Å²) in [6.07, 6.45) is 4.14. The van der Waals surface area contributed by atoms with Gasteiger partial charge in [-0.05, 0) is 72.1 Å². The van der Waals surface area contributed by atoms with E-state index >= 15 is 0 Å². The fourth-order valence-electron chi connectivity index (χ4n) is 11.3. The summed E-state index contributed by atoms with van der Waals surface area (Å²) in [5.41, 5.74) is 1.23. The molecule has 368 valence electrons. The molecule has 0 spiro atoms. The number of aliphatic hydroxyl groups excluding tert-OH is 2. The molecule has 4 amide bonds. The summed E-state index contributed by atoms with van der Waals surface area (Å²) in [6.45, 7) is 14.3. The number of aliphatic hydroxyl groups is 2. The number of carbonyl (C=O) groups is 4. The second kappa shape index (κ2) is 19.3. The van der Waals surface area contributed by atoms with Gasteiger partial charge in [-0.3, -0.25) is 29.0 Å². The fraction of sp³-hybridized carbons (Fsp3) is 0.615. The number of hydrogen-bond acceptors (Lipinski definition) is 14. The normalized spacial score (nSPS) is 30.3. The van der Waals surface area contributed by atoms with E-state index in [0.717, 1.165) is 16.7 Å². The van der Waals surface area contributed by atoms with Crippen molar-refractivity contribution in [2.45, 2.75) is 102 Å². The maximum atomic E-state index is 14.0. The summed E-state index contributed by atoms with van der Waals surface area (Å²) in [5, 5.41) is 19.8. The van der Waals surface area contributed by atoms with Crippen molar-refractivity contribution in [2.24, 2.45) is 35.0 Å². The molecule has 0 aromatic heterocycles. The molecule has 16 heteroatoms. The van der Waals surface area contributed by atoms with E-state index in [0.29, 0.717) is 44.2 Å². The van der Waals surface area contributed by atoms with Crippen LogP contribution in [0.5, 0.6) is 11.5 Å². The first-order chi connectivity index (χ1) is 32.5. The van der Waals surface area contributed by atoms with Crippen LogP contribution in [0.1, 0.15) is 65.5 Å². The first-order valence-electron chi connectivity index (χ1n) is 24.1. The first kappa shape index (κ1) is 48.5. The number of rotatable bonds is 25. The van der Waals surface area contributed by atoms with E-state index in [1.165, 1.54) is 9.80 Å². The predicted molar refractivity (Wildman–Crippen MR) is 244 cm³/mol. The van der Waals surface area contributed by atoms with Crippen LogP contribution >= 0.6 is 0 Å². The Kier molecular flexibility index (Phi) is 13.8. The zero-order chi connectivity index (χ0) is 48.1. The minimum absolute atomic E-state index is 0.00659. The van der Waals surface area contributed by atoms with Crippen LogP contribution in [0, 0.1) is 35.0 Å². The molecular weight excluding hydrogens is 877 g/mol. The summed E-state index contributed by atoms with van der Waals surface area (Å²) in [5.74, 6) is -1.97. The summed E-state index contributed by atoms with van der Waals surface area (Å²) >= 11 is 0. The summed E-state index contributed by atoms with van der Waals surface area (Å²) < 4.78 is 46.4. The number of carbonyl (C=O) groups excluding carboxylic acids is 4. The maximum Gasteiger partial charge on any atom is 0.236 e. The number of fused-ring (bicyclic) bond motifs is 10. The largest absolute Gasteiger partial charge is 0.491 e. The van der Waals surface area contributed by atoms with Gasteiger partial charge in [0.25, 0.3) is 0 Å². The molecule has 68 heavy (non-hydrogen) atoms. The van der Waals surface area contributed by atoms with Crippen molar-refractivity contribution in [3.8, 4) is 11.5 Å². The lowest BCUT2D eigenvalue weighted by Crippen LogP contribution is -2.45. The van der Waals surface area contributed by atoms with Crippen molar-refractivity contribution < 1.29 is 67.3 Å². The van der Waals surface area contributed by atoms with E-state index in [-0.39, 0.29) is 87.2 Å². The monoisotopic (exact) mass is 942 g/mol. The third-order valence-electron chi connectivity index (χ3n) is 14.7. The summed E-state index contributed by atoms with van der Waals surface area (Å²) in [6, 6.07) is 15.6. The average molecular weight is 943 g/mol. The Morgan fingerprint density at radius 1 is 0.838 bits per heavy atom. The number of likely N-dealkylation sites (tertiary alicyclic amines) is 2. The van der Waals surface area contributed by atoms with Crippen molar-refractivity contribution in [3.63, 3.8) is 0 Å². The summed E-state index contributed by atoms with van der Waals surface area (Å²) in [4.78, 5) is 57.9. The van der Waals surface area contributed by atoms with Gasteiger partial charge in [0.2, 0.25) is 23.6 Å². The van der Waals surface area contributed by atoms with Gasteiger partial charge in [0.1, 0.15) is 35.9 Å². The van der Waals surface area contributed by atoms with Crippen molar-refractivity contribution in [1.29, 1.82) is 0 Å². The minimum atomic E-state index is -1.11. The molecule has 2 aromatic rings. The predicted octanol–water partition coefficient (Wildman–Crippen LogP) is 3.98. The number of epoxide rings is 1. The lowest BCUT2D eigenvalue weighted by Gasteiger charge is -2.33.